The molecule has 0 nitrogen and oxygen atoms in total. The molecule has 4 atom stereocenters. The van der Waals surface area contributed by atoms with Gasteiger partial charge in [-0.2, -0.15) is 0 Å². The van der Waals surface area contributed by atoms with Crippen LogP contribution in [-0.4, -0.2) is 0 Å². The van der Waals surface area contributed by atoms with Crippen LogP contribution in [0.4, 0.5) is 0 Å². The molecule has 0 heterocycles. The molecule has 4 unspecified atom stereocenters. The van der Waals surface area contributed by atoms with E-state index >= 15 is 0 Å². The SMILES string of the molecule is CC(C)CC(C)CC(C=C1CC(C)C1C)C(C)C. The van der Waals surface area contributed by atoms with E-state index in [4.69, 9.17) is 0 Å². The van der Waals surface area contributed by atoms with Gasteiger partial charge in [0.15, 0.2) is 0 Å². The van der Waals surface area contributed by atoms with E-state index in [0.29, 0.717) is 0 Å². The number of rotatable bonds is 6. The van der Waals surface area contributed by atoms with Crippen molar-refractivity contribution < 1.29 is 0 Å². The molecule has 1 aliphatic rings. The summed E-state index contributed by atoms with van der Waals surface area (Å²) in [6.07, 6.45) is 6.73. The second kappa shape index (κ2) is 6.78. The van der Waals surface area contributed by atoms with E-state index in [1.165, 1.54) is 19.3 Å². The molecule has 0 heteroatoms. The minimum Gasteiger partial charge on any atom is -0.0817 e. The van der Waals surface area contributed by atoms with Crippen molar-refractivity contribution in [1.82, 2.24) is 0 Å². The second-order valence-electron chi connectivity index (χ2n) is 7.59. The van der Waals surface area contributed by atoms with Gasteiger partial charge in [0, 0.05) is 0 Å². The highest BCUT2D eigenvalue weighted by atomic mass is 14.3. The van der Waals surface area contributed by atoms with Crippen LogP contribution in [-0.2, 0) is 0 Å². The van der Waals surface area contributed by atoms with E-state index in [9.17, 15) is 0 Å². The number of allylic oxidation sites excluding steroid dienone is 2. The van der Waals surface area contributed by atoms with Crippen molar-refractivity contribution in [2.45, 2.75) is 67.7 Å². The topological polar surface area (TPSA) is 0 Å². The fourth-order valence-electron chi connectivity index (χ4n) is 3.33. The molecule has 1 saturated carbocycles. The monoisotopic (exact) mass is 250 g/mol. The van der Waals surface area contributed by atoms with Crippen LogP contribution in [0.15, 0.2) is 11.6 Å². The Balaban J connectivity index is 2.56. The highest BCUT2D eigenvalue weighted by Gasteiger charge is 2.29. The first-order chi connectivity index (χ1) is 8.31. The Kier molecular flexibility index (Phi) is 5.95. The van der Waals surface area contributed by atoms with Crippen LogP contribution < -0.4 is 0 Å². The predicted octanol–water partition coefficient (Wildman–Crippen LogP) is 5.93. The lowest BCUT2D eigenvalue weighted by molar-refractivity contribution is 0.297. The van der Waals surface area contributed by atoms with Crippen molar-refractivity contribution in [2.24, 2.45) is 35.5 Å². The Bertz CT molecular complexity index is 272. The van der Waals surface area contributed by atoms with E-state index in [-0.39, 0.29) is 0 Å². The molecule has 1 rings (SSSR count). The van der Waals surface area contributed by atoms with Gasteiger partial charge in [0.25, 0.3) is 0 Å². The van der Waals surface area contributed by atoms with Crippen LogP contribution in [0.25, 0.3) is 0 Å². The Morgan fingerprint density at radius 2 is 1.67 bits per heavy atom. The summed E-state index contributed by atoms with van der Waals surface area (Å²) >= 11 is 0. The number of hydrogen-bond donors (Lipinski definition) is 0. The molecule has 0 aliphatic heterocycles. The van der Waals surface area contributed by atoms with Gasteiger partial charge in [0.05, 0.1) is 0 Å². The summed E-state index contributed by atoms with van der Waals surface area (Å²) in [5.41, 5.74) is 1.73. The molecule has 0 saturated heterocycles. The third-order valence-corrected chi connectivity index (χ3v) is 4.83. The van der Waals surface area contributed by atoms with Crippen LogP contribution >= 0.6 is 0 Å². The lowest BCUT2D eigenvalue weighted by Crippen LogP contribution is -2.25. The number of hydrogen-bond acceptors (Lipinski definition) is 0. The normalized spacial score (nSPS) is 29.7. The Morgan fingerprint density at radius 3 is 2.06 bits per heavy atom. The van der Waals surface area contributed by atoms with Crippen molar-refractivity contribution in [3.8, 4) is 0 Å². The van der Waals surface area contributed by atoms with Gasteiger partial charge in [-0.3, -0.25) is 0 Å². The minimum absolute atomic E-state index is 0.787. The standard InChI is InChI=1S/C18H34/c1-12(2)8-14(5)9-17(13(3)4)11-18-10-15(6)16(18)7/h11-17H,8-10H2,1-7H3. The van der Waals surface area contributed by atoms with Crippen LogP contribution in [0.5, 0.6) is 0 Å². The molecular weight excluding hydrogens is 216 g/mol. The van der Waals surface area contributed by atoms with Crippen molar-refractivity contribution in [1.29, 1.82) is 0 Å². The first kappa shape index (κ1) is 15.8. The van der Waals surface area contributed by atoms with Gasteiger partial charge in [0.2, 0.25) is 0 Å². The van der Waals surface area contributed by atoms with E-state index < -0.39 is 0 Å². The van der Waals surface area contributed by atoms with Gasteiger partial charge in [-0.25, -0.2) is 0 Å². The van der Waals surface area contributed by atoms with E-state index in [1.54, 1.807) is 5.57 Å². The van der Waals surface area contributed by atoms with Crippen LogP contribution in [0.1, 0.15) is 67.7 Å². The summed E-state index contributed by atoms with van der Waals surface area (Å²) in [5, 5.41) is 0. The van der Waals surface area contributed by atoms with Gasteiger partial charge in [0.1, 0.15) is 0 Å². The van der Waals surface area contributed by atoms with Gasteiger partial charge in [-0.05, 0) is 54.8 Å². The van der Waals surface area contributed by atoms with Crippen molar-refractivity contribution >= 4 is 0 Å². The molecule has 0 bridgehead atoms. The van der Waals surface area contributed by atoms with Gasteiger partial charge in [-0.1, -0.05) is 60.1 Å². The minimum atomic E-state index is 0.787. The lowest BCUT2D eigenvalue weighted by Gasteiger charge is -2.36. The molecule has 1 aliphatic carbocycles. The van der Waals surface area contributed by atoms with E-state index in [1.807, 2.05) is 0 Å². The van der Waals surface area contributed by atoms with Crippen molar-refractivity contribution in [3.63, 3.8) is 0 Å². The summed E-state index contributed by atoms with van der Waals surface area (Å²) in [7, 11) is 0. The smallest absolute Gasteiger partial charge is 0.0203 e. The first-order valence-electron chi connectivity index (χ1n) is 8.01. The van der Waals surface area contributed by atoms with Crippen LogP contribution in [0.2, 0.25) is 0 Å². The van der Waals surface area contributed by atoms with E-state index in [2.05, 4.69) is 54.5 Å². The molecular formula is C18H34. The fourth-order valence-corrected chi connectivity index (χ4v) is 3.33. The zero-order valence-corrected chi connectivity index (χ0v) is 13.7. The maximum absolute atomic E-state index is 2.63. The summed E-state index contributed by atoms with van der Waals surface area (Å²) in [6.45, 7) is 16.7. The summed E-state index contributed by atoms with van der Waals surface area (Å²) in [4.78, 5) is 0. The zero-order valence-electron chi connectivity index (χ0n) is 13.7. The molecule has 0 spiro atoms. The molecule has 0 radical (unpaired) electrons. The fraction of sp³-hybridized carbons (Fsp3) is 0.889. The van der Waals surface area contributed by atoms with E-state index in [0.717, 1.165) is 35.5 Å². The Labute approximate surface area is 115 Å². The van der Waals surface area contributed by atoms with Crippen LogP contribution in [0.3, 0.4) is 0 Å². The van der Waals surface area contributed by atoms with Crippen LogP contribution in [0, 0.1) is 35.5 Å². The highest BCUT2D eigenvalue weighted by Crippen LogP contribution is 2.41. The first-order valence-corrected chi connectivity index (χ1v) is 8.01. The zero-order chi connectivity index (χ0) is 13.9. The Hall–Kier alpha value is -0.260. The average molecular weight is 250 g/mol. The predicted molar refractivity (Wildman–Crippen MR) is 82.6 cm³/mol. The molecule has 18 heavy (non-hydrogen) atoms. The molecule has 0 aromatic heterocycles. The lowest BCUT2D eigenvalue weighted by atomic mass is 9.69. The molecule has 0 aromatic rings. The molecule has 106 valence electrons. The summed E-state index contributed by atoms with van der Waals surface area (Å²) < 4.78 is 0. The third kappa shape index (κ3) is 4.44. The Morgan fingerprint density at radius 1 is 1.06 bits per heavy atom. The molecule has 0 amide bonds. The maximum Gasteiger partial charge on any atom is -0.0203 e. The quantitative estimate of drug-likeness (QED) is 0.512. The van der Waals surface area contributed by atoms with Gasteiger partial charge >= 0.3 is 0 Å². The average Bonchev–Trinajstić information content (AvgIpc) is 2.25. The van der Waals surface area contributed by atoms with Crippen molar-refractivity contribution in [2.75, 3.05) is 0 Å². The highest BCUT2D eigenvalue weighted by molar-refractivity contribution is 5.18. The maximum atomic E-state index is 2.63. The molecule has 1 fully saturated rings. The third-order valence-electron chi connectivity index (χ3n) is 4.83. The van der Waals surface area contributed by atoms with Gasteiger partial charge in [-0.15, -0.1) is 0 Å². The summed E-state index contributed by atoms with van der Waals surface area (Å²) in [5.74, 6) is 5.04. The molecule has 0 aromatic carbocycles. The second-order valence-corrected chi connectivity index (χ2v) is 7.59. The largest absolute Gasteiger partial charge is 0.0817 e. The molecule has 0 N–H and O–H groups in total. The summed E-state index contributed by atoms with van der Waals surface area (Å²) in [6, 6.07) is 0. The van der Waals surface area contributed by atoms with Crippen molar-refractivity contribution in [3.05, 3.63) is 11.6 Å². The van der Waals surface area contributed by atoms with Gasteiger partial charge < -0.3 is 0 Å².